The van der Waals surface area contributed by atoms with Crippen molar-refractivity contribution in [3.63, 3.8) is 0 Å². The molecule has 0 aliphatic carbocycles. The minimum Gasteiger partial charge on any atom is -0.493 e. The van der Waals surface area contributed by atoms with Crippen LogP contribution in [0.2, 0.25) is 0 Å². The van der Waals surface area contributed by atoms with Gasteiger partial charge in [-0.25, -0.2) is 0 Å². The Morgan fingerprint density at radius 1 is 0.312 bits per heavy atom. The maximum Gasteiger partial charge on any atom is 0.161 e. The molecule has 18 rings (SSSR count). The Kier molecular flexibility index (Phi) is 16.8. The minimum absolute atomic E-state index is 0.0176. The molecule has 6 aromatic rings. The van der Waals surface area contributed by atoms with Crippen molar-refractivity contribution in [2.75, 3.05) is 163 Å². The summed E-state index contributed by atoms with van der Waals surface area (Å²) in [5.41, 5.74) is 0.251. The van der Waals surface area contributed by atoms with Crippen LogP contribution in [-0.4, -0.2) is 227 Å². The van der Waals surface area contributed by atoms with Crippen LogP contribution in [0.1, 0.15) is 383 Å². The van der Waals surface area contributed by atoms with E-state index in [4.69, 9.17) is 158 Å². The summed E-state index contributed by atoms with van der Waals surface area (Å²) in [4.78, 5) is 87.6. The van der Waals surface area contributed by atoms with Gasteiger partial charge in [0, 0.05) is 249 Å². The Bertz CT molecular complexity index is 8910. The maximum absolute atomic E-state index is 13.9. The zero-order valence-corrected chi connectivity index (χ0v) is 80.8. The van der Waals surface area contributed by atoms with Crippen molar-refractivity contribution in [1.29, 1.82) is 0 Å². The predicted octanol–water partition coefficient (Wildman–Crippen LogP) is 20.6. The first-order valence-corrected chi connectivity index (χ1v) is 45.6. The van der Waals surface area contributed by atoms with Gasteiger partial charge in [0.15, 0.2) is 69.0 Å². The lowest BCUT2D eigenvalue weighted by molar-refractivity contribution is -0.130. The van der Waals surface area contributed by atoms with Gasteiger partial charge in [-0.15, -0.1) is 0 Å². The van der Waals surface area contributed by atoms with Gasteiger partial charge in [0.05, 0.1) is 126 Å². The first kappa shape index (κ1) is 47.5. The van der Waals surface area contributed by atoms with Gasteiger partial charge in [-0.1, -0.05) is 102 Å². The number of rotatable bonds is 27. The van der Waals surface area contributed by atoms with E-state index < -0.39 is 402 Å². The number of ether oxygens (including phenoxy) is 12. The summed E-state index contributed by atoms with van der Waals surface area (Å²) in [7, 11) is -10.9. The van der Waals surface area contributed by atoms with Gasteiger partial charge in [-0.05, 0) is 252 Å². The number of fused-ring (bicyclic) bond motifs is 18. The summed E-state index contributed by atoms with van der Waals surface area (Å²) in [6, 6.07) is -13.8. The zero-order chi connectivity index (χ0) is 166. The number of hydrogen-bond acceptors (Lipinski definition) is 24. The normalized spacial score (nSPS) is 39.3. The highest BCUT2D eigenvalue weighted by Gasteiger charge is 2.47. The Hall–Kier alpha value is -9.30. The van der Waals surface area contributed by atoms with E-state index in [0.29, 0.717) is 43.2 Å². The van der Waals surface area contributed by atoms with Crippen LogP contribution in [0.3, 0.4) is 0 Å². The van der Waals surface area contributed by atoms with Crippen molar-refractivity contribution < 1.29 is 187 Å². The summed E-state index contributed by atoms with van der Waals surface area (Å²) in [5, 5.41) is 0. The van der Waals surface area contributed by atoms with Crippen LogP contribution >= 0.6 is 0 Å². The molecule has 12 aliphatic rings. The molecule has 774 valence electrons. The van der Waals surface area contributed by atoms with Crippen LogP contribution < -0.4 is 56.8 Å². The molecule has 6 fully saturated rings. The molecular formula is C117H168N6O18. The lowest BCUT2D eigenvalue weighted by atomic mass is 9.79. The SMILES string of the molecule is [2H]c1c2c(c([2H])c(OC)c1OC([2H])([2H])[2H])C1CC(=O)C(C([2H])([2H])C([2H])(C([2H])([2H])[2H])C([2H])([2H])C)C([2H])([2H])N1CC2.[2H]c1c2c(c([2H])c(OC)c1OC([2H])([2H])[2H])C1CC(=O)C(CC(C)C)C([2H])([2H])N1CC2.[2H]c1c2c(c([2H])c(OC)c1OC([2H])([2H])[2H])C1N(CC2)C([2H])([2H])C([2H])(C([2H])([2H])C([2H])(C([2H])([2H])[2H])C([2H])([2H])C)C(=O)C1([2H])[2H].[2H]c1c2c(c([2H])c(OC)c1OC([2H])([2H])[2H])C1N(CC2)C([2H])([2H])C([2H])(CC(C)C)C(=O)C1([2H])[2H].[2H]c1c2c(c([2H])c(OC)c1OC([2H])([2H])[2H])C1N(CC2)CC([2H])(C([2H])([2H])C([2H])(C([2H])([2H])[2H])C([2H])([2H])C)C(=O)C1([2H])[2H].[2H]c1c2c(c([2H])c(OC)c1OC([2H])([2H])[2H])C1N(CC2)CC([2H])(CC(C)C)C(=O)C1([2H])[2H]. The van der Waals surface area contributed by atoms with Gasteiger partial charge >= 0.3 is 0 Å². The third-order valence-electron chi connectivity index (χ3n) is 24.8. The standard InChI is InChI=1S/3C20H29NO3.3C19H27NO3/c3*1-5-13(2)8-15-12-21-7-6-14-9-19(23-3)20(24-4)10-16(14)17(21)11-18(15)22;3*1-12(2)7-14-11-20-6-5-13-8-18(22-3)19(23-4)9-15(13)16(20)10-17(14)21/h3*9-10,13,15,17H,5-8,11-12H2,1-4H3;3*8-9,12,14,16H,5-7,10-11H2,1-4H3/i2D3,3D3,5D2,8D2,9D,10D,11D2,12D2,13D,15D;2D3,3D3,5D2,8D2,9D,10D,11D2,13D,15D;2D3,3D3,5D2,8D2,9D,10D,12D2,13D;3D3,8D,9D,10D2,11D2,14D;3D3,8D,9D,10D2,14D;3D3,8D,9D,11D2. The van der Waals surface area contributed by atoms with Crippen LogP contribution in [0.4, 0.5) is 0 Å². The molecule has 141 heavy (non-hydrogen) atoms. The molecule has 0 spiro atoms. The molecule has 12 aliphatic heterocycles. The van der Waals surface area contributed by atoms with Crippen molar-refractivity contribution in [2.45, 2.75) is 253 Å². The second kappa shape index (κ2) is 50.0. The molecule has 24 heteroatoms. The van der Waals surface area contributed by atoms with E-state index in [1.165, 1.54) is 14.2 Å². The molecule has 0 bridgehead atoms. The van der Waals surface area contributed by atoms with Crippen molar-refractivity contribution in [3.8, 4) is 69.0 Å². The van der Waals surface area contributed by atoms with Gasteiger partial charge in [0.2, 0.25) is 0 Å². The largest absolute Gasteiger partial charge is 0.493 e. The van der Waals surface area contributed by atoms with E-state index in [2.05, 4.69) is 0 Å². The Morgan fingerprint density at radius 3 is 0.879 bits per heavy atom. The first-order chi connectivity index (χ1) is 96.4. The average Bonchev–Trinajstić information content (AvgIpc) is 0.656. The molecule has 15 atom stereocenters. The molecule has 0 radical (unpaired) electrons. The first-order valence-electron chi connectivity index (χ1n) is 82.6. The fourth-order valence-corrected chi connectivity index (χ4v) is 18.0. The van der Waals surface area contributed by atoms with E-state index in [1.54, 1.807) is 23.6 Å². The van der Waals surface area contributed by atoms with Gasteiger partial charge in [-0.2, -0.15) is 0 Å². The van der Waals surface area contributed by atoms with Crippen LogP contribution in [0.15, 0.2) is 72.5 Å². The van der Waals surface area contributed by atoms with Crippen molar-refractivity contribution in [3.05, 3.63) is 139 Å². The Labute approximate surface area is 946 Å². The molecule has 0 saturated carbocycles. The number of benzene rings is 6. The highest BCUT2D eigenvalue weighted by molar-refractivity contribution is 5.86. The summed E-state index contributed by atoms with van der Waals surface area (Å²) in [6.07, 6.45) is -33.3. The van der Waals surface area contributed by atoms with Crippen molar-refractivity contribution in [1.82, 2.24) is 29.4 Å². The van der Waals surface area contributed by atoms with Crippen molar-refractivity contribution in [2.24, 2.45) is 70.8 Å². The predicted molar refractivity (Wildman–Crippen MR) is 555 cm³/mol. The molecule has 6 aromatic carbocycles. The summed E-state index contributed by atoms with van der Waals surface area (Å²) >= 11 is 0. The summed E-state index contributed by atoms with van der Waals surface area (Å²) in [5.74, 6) is -38.5. The van der Waals surface area contributed by atoms with Crippen LogP contribution in [0.25, 0.3) is 0 Å². The zero-order valence-electron chi connectivity index (χ0n) is 155. The molecule has 0 amide bonds. The maximum atomic E-state index is 13.9. The van der Waals surface area contributed by atoms with Gasteiger partial charge in [0.25, 0.3) is 0 Å². The Morgan fingerprint density at radius 2 is 0.560 bits per heavy atom. The number of carbonyl (C=O) groups excluding carboxylic acids is 6. The van der Waals surface area contributed by atoms with Gasteiger partial charge in [0.1, 0.15) is 34.7 Å². The number of ketones is 6. The fraction of sp³-hybridized carbons (Fsp3) is 0.641. The number of nitrogens with zero attached hydrogens (tertiary/aromatic N) is 6. The monoisotopic (exact) mass is 2020 g/mol. The third-order valence-corrected chi connectivity index (χ3v) is 24.8. The molecule has 0 N–H and O–H groups in total. The second-order valence-corrected chi connectivity index (χ2v) is 35.2. The van der Waals surface area contributed by atoms with Crippen molar-refractivity contribution >= 4 is 34.7 Å². The molecule has 6 saturated heterocycles. The highest BCUT2D eigenvalue weighted by atomic mass is 16.5. The van der Waals surface area contributed by atoms with Gasteiger partial charge in [-0.3, -0.25) is 58.2 Å². The number of piperidine rings is 6. The highest BCUT2D eigenvalue weighted by Crippen LogP contribution is 2.51. The van der Waals surface area contributed by atoms with E-state index in [-0.39, 0.29) is 206 Å². The van der Waals surface area contributed by atoms with Crippen LogP contribution in [0, 0.1) is 70.8 Å². The minimum atomic E-state index is -4.21. The molecular weight excluding hydrogens is 1780 g/mol. The van der Waals surface area contributed by atoms with E-state index in [1.807, 2.05) is 27.7 Å². The lowest BCUT2D eigenvalue weighted by Crippen LogP contribution is -2.46. The summed E-state index contributed by atoms with van der Waals surface area (Å²) < 4.78 is 666. The number of carbonyl (C=O) groups is 6. The average molecular weight is 2020 g/mol. The van der Waals surface area contributed by atoms with E-state index in [0.717, 1.165) is 43.1 Å². The van der Waals surface area contributed by atoms with Gasteiger partial charge < -0.3 is 56.8 Å². The van der Waals surface area contributed by atoms with Crippen LogP contribution in [-0.2, 0) is 67.3 Å². The van der Waals surface area contributed by atoms with Crippen LogP contribution in [0.5, 0.6) is 69.0 Å². The number of hydrogen-bond donors (Lipinski definition) is 0. The quantitative estimate of drug-likeness (QED) is 0.0466. The number of methoxy groups -OCH3 is 12. The molecule has 0 aromatic heterocycles. The second-order valence-electron chi connectivity index (χ2n) is 35.2. The van der Waals surface area contributed by atoms with E-state index in [9.17, 15) is 28.8 Å². The molecule has 24 nitrogen and oxygen atoms in total. The molecule has 15 unspecified atom stereocenters. The van der Waals surface area contributed by atoms with E-state index >= 15 is 0 Å². The smallest absolute Gasteiger partial charge is 0.161 e. The summed E-state index contributed by atoms with van der Waals surface area (Å²) in [6.45, 7) is -10.8. The molecule has 12 heterocycles. The topological polar surface area (TPSA) is 233 Å². The third kappa shape index (κ3) is 25.6. The fourth-order valence-electron chi connectivity index (χ4n) is 18.0. The number of Topliss-reactive ketones (excluding diaryl/α,β-unsaturated/α-hetero) is 6. The Balaban J connectivity index is 0.000000206. The lowest BCUT2D eigenvalue weighted by Gasteiger charge is -2.43.